The average Bonchev–Trinajstić information content (AvgIpc) is 2.82. The molecule has 0 aromatic heterocycles. The molecule has 0 aliphatic rings. The number of allylic oxidation sites excluding steroid dienone is 1. The van der Waals surface area contributed by atoms with Crippen molar-refractivity contribution in [1.29, 1.82) is 0 Å². The van der Waals surface area contributed by atoms with E-state index in [4.69, 9.17) is 9.47 Å². The van der Waals surface area contributed by atoms with E-state index in [9.17, 15) is 14.7 Å². The third kappa shape index (κ3) is 9.23. The van der Waals surface area contributed by atoms with Gasteiger partial charge in [0, 0.05) is 5.56 Å². The van der Waals surface area contributed by atoms with Gasteiger partial charge in [0.05, 0.1) is 6.61 Å². The first-order valence-corrected chi connectivity index (χ1v) is 12.6. The summed E-state index contributed by atoms with van der Waals surface area (Å²) in [5, 5.41) is 9.33. The van der Waals surface area contributed by atoms with E-state index in [2.05, 4.69) is 6.92 Å². The van der Waals surface area contributed by atoms with E-state index in [1.165, 1.54) is 52.4 Å². The number of carboxylic acids is 1. The molecule has 190 valence electrons. The van der Waals surface area contributed by atoms with Crippen LogP contribution in [0.2, 0.25) is 0 Å². The molecule has 0 atom stereocenters. The number of rotatable bonds is 15. The van der Waals surface area contributed by atoms with E-state index in [-0.39, 0.29) is 5.78 Å². The van der Waals surface area contributed by atoms with E-state index >= 15 is 0 Å². The van der Waals surface area contributed by atoms with Crippen molar-refractivity contribution in [3.63, 3.8) is 0 Å². The van der Waals surface area contributed by atoms with E-state index in [0.717, 1.165) is 28.9 Å². The Labute approximate surface area is 210 Å². The van der Waals surface area contributed by atoms with Crippen LogP contribution in [0, 0.1) is 13.8 Å². The molecule has 1 N–H and O–H groups in total. The van der Waals surface area contributed by atoms with Gasteiger partial charge in [-0.15, -0.1) is 0 Å². The van der Waals surface area contributed by atoms with Crippen LogP contribution in [-0.2, 0) is 4.79 Å². The molecule has 5 heteroatoms. The highest BCUT2D eigenvalue weighted by Gasteiger charge is 2.30. The minimum Gasteiger partial charge on any atom is -0.494 e. The molecule has 0 aliphatic carbocycles. The SMILES string of the molecule is CCCCCCCCCOc1ccc(C(=O)/C=C/c2cc(C)c(OC(C)(C)C(=O)O)c(C)c2)cc1. The number of carbonyl (C=O) groups excluding carboxylic acids is 1. The Bertz CT molecular complexity index is 979. The van der Waals surface area contributed by atoms with E-state index in [1.807, 2.05) is 38.1 Å². The first kappa shape index (κ1) is 28.2. The standard InChI is InChI=1S/C30H40O5/c1-6-7-8-9-10-11-12-19-34-26-16-14-25(15-17-26)27(31)18-13-24-20-22(2)28(23(3)21-24)35-30(4,5)29(32)33/h13-18,20-21H,6-12,19H2,1-5H3,(H,32,33)/b18-13+. The van der Waals surface area contributed by atoms with Crippen molar-refractivity contribution in [2.75, 3.05) is 6.61 Å². The molecule has 35 heavy (non-hydrogen) atoms. The first-order chi connectivity index (χ1) is 16.6. The second-order valence-corrected chi connectivity index (χ2v) is 9.59. The molecule has 5 nitrogen and oxygen atoms in total. The molecule has 0 radical (unpaired) electrons. The fourth-order valence-electron chi connectivity index (χ4n) is 3.77. The van der Waals surface area contributed by atoms with Crippen molar-refractivity contribution in [3.05, 3.63) is 64.7 Å². The zero-order valence-corrected chi connectivity index (χ0v) is 21.9. The monoisotopic (exact) mass is 480 g/mol. The van der Waals surface area contributed by atoms with Crippen LogP contribution in [0.4, 0.5) is 0 Å². The summed E-state index contributed by atoms with van der Waals surface area (Å²) in [6.07, 6.45) is 12.0. The molecule has 2 aromatic rings. The number of carbonyl (C=O) groups is 2. The van der Waals surface area contributed by atoms with Crippen LogP contribution in [0.25, 0.3) is 6.08 Å². The van der Waals surface area contributed by atoms with Gasteiger partial charge in [-0.3, -0.25) is 4.79 Å². The van der Waals surface area contributed by atoms with Gasteiger partial charge in [0.15, 0.2) is 11.4 Å². The van der Waals surface area contributed by atoms with Crippen LogP contribution < -0.4 is 9.47 Å². The molecule has 0 spiro atoms. The summed E-state index contributed by atoms with van der Waals surface area (Å²) in [7, 11) is 0. The van der Waals surface area contributed by atoms with Gasteiger partial charge in [-0.05, 0) is 93.3 Å². The summed E-state index contributed by atoms with van der Waals surface area (Å²) in [6, 6.07) is 11.0. The van der Waals surface area contributed by atoms with Gasteiger partial charge in [0.1, 0.15) is 11.5 Å². The molecule has 0 aliphatic heterocycles. The van der Waals surface area contributed by atoms with E-state index in [1.54, 1.807) is 24.3 Å². The highest BCUT2D eigenvalue weighted by molar-refractivity contribution is 6.06. The van der Waals surface area contributed by atoms with Crippen molar-refractivity contribution < 1.29 is 24.2 Å². The third-order valence-electron chi connectivity index (χ3n) is 5.94. The summed E-state index contributed by atoms with van der Waals surface area (Å²) in [6.45, 7) is 9.70. The van der Waals surface area contributed by atoms with Gasteiger partial charge in [0.25, 0.3) is 0 Å². The number of aryl methyl sites for hydroxylation is 2. The summed E-state index contributed by atoms with van der Waals surface area (Å²) in [5.41, 5.74) is 1.75. The summed E-state index contributed by atoms with van der Waals surface area (Å²) in [4.78, 5) is 24.0. The fraction of sp³-hybridized carbons (Fsp3) is 0.467. The second-order valence-electron chi connectivity index (χ2n) is 9.59. The zero-order chi connectivity index (χ0) is 25.8. The normalized spacial score (nSPS) is 11.6. The lowest BCUT2D eigenvalue weighted by Gasteiger charge is -2.24. The predicted molar refractivity (Wildman–Crippen MR) is 142 cm³/mol. The van der Waals surface area contributed by atoms with Gasteiger partial charge in [-0.25, -0.2) is 4.79 Å². The number of benzene rings is 2. The highest BCUT2D eigenvalue weighted by atomic mass is 16.5. The van der Waals surface area contributed by atoms with E-state index < -0.39 is 11.6 Å². The number of ether oxygens (including phenoxy) is 2. The van der Waals surface area contributed by atoms with E-state index in [0.29, 0.717) is 17.9 Å². The van der Waals surface area contributed by atoms with Crippen LogP contribution in [0.3, 0.4) is 0 Å². The van der Waals surface area contributed by atoms with Crippen LogP contribution >= 0.6 is 0 Å². The van der Waals surface area contributed by atoms with Crippen LogP contribution in [0.15, 0.2) is 42.5 Å². The molecule has 0 amide bonds. The number of aliphatic carboxylic acids is 1. The number of hydrogen-bond acceptors (Lipinski definition) is 4. The largest absolute Gasteiger partial charge is 0.494 e. The van der Waals surface area contributed by atoms with Crippen LogP contribution in [0.1, 0.15) is 92.8 Å². The lowest BCUT2D eigenvalue weighted by molar-refractivity contribution is -0.152. The molecule has 0 heterocycles. The smallest absolute Gasteiger partial charge is 0.347 e. The Morgan fingerprint density at radius 2 is 1.49 bits per heavy atom. The minimum absolute atomic E-state index is 0.0914. The van der Waals surface area contributed by atoms with Crippen molar-refractivity contribution in [2.45, 2.75) is 85.2 Å². The van der Waals surface area contributed by atoms with Gasteiger partial charge in [-0.1, -0.05) is 51.5 Å². The maximum absolute atomic E-state index is 12.6. The average molecular weight is 481 g/mol. The molecule has 0 bridgehead atoms. The molecule has 0 unspecified atom stereocenters. The second kappa shape index (κ2) is 13.7. The summed E-state index contributed by atoms with van der Waals surface area (Å²) >= 11 is 0. The number of unbranched alkanes of at least 4 members (excludes halogenated alkanes) is 6. The molecule has 0 saturated carbocycles. The Morgan fingerprint density at radius 1 is 0.914 bits per heavy atom. The van der Waals surface area contributed by atoms with Crippen molar-refractivity contribution >= 4 is 17.8 Å². The molecule has 0 saturated heterocycles. The predicted octanol–water partition coefficient (Wildman–Crippen LogP) is 7.57. The Morgan fingerprint density at radius 3 is 2.06 bits per heavy atom. The van der Waals surface area contributed by atoms with Crippen molar-refractivity contribution in [2.24, 2.45) is 0 Å². The van der Waals surface area contributed by atoms with Crippen LogP contribution in [0.5, 0.6) is 11.5 Å². The van der Waals surface area contributed by atoms with Crippen molar-refractivity contribution in [1.82, 2.24) is 0 Å². The number of ketones is 1. The molecule has 0 fully saturated rings. The van der Waals surface area contributed by atoms with Crippen LogP contribution in [-0.4, -0.2) is 29.1 Å². The zero-order valence-electron chi connectivity index (χ0n) is 21.9. The Hall–Kier alpha value is -3.08. The third-order valence-corrected chi connectivity index (χ3v) is 5.94. The highest BCUT2D eigenvalue weighted by Crippen LogP contribution is 2.29. The molecule has 2 rings (SSSR count). The first-order valence-electron chi connectivity index (χ1n) is 12.6. The number of carboxylic acid groups (broad SMARTS) is 1. The Kier molecular flexibility index (Phi) is 11.0. The van der Waals surface area contributed by atoms with Gasteiger partial charge >= 0.3 is 5.97 Å². The lowest BCUT2D eigenvalue weighted by atomic mass is 10.0. The number of hydrogen-bond donors (Lipinski definition) is 1. The maximum atomic E-state index is 12.6. The quantitative estimate of drug-likeness (QED) is 0.162. The summed E-state index contributed by atoms with van der Waals surface area (Å²) < 4.78 is 11.6. The maximum Gasteiger partial charge on any atom is 0.347 e. The topological polar surface area (TPSA) is 72.8 Å². The fourth-order valence-corrected chi connectivity index (χ4v) is 3.77. The van der Waals surface area contributed by atoms with Gasteiger partial charge in [-0.2, -0.15) is 0 Å². The minimum atomic E-state index is -1.33. The summed E-state index contributed by atoms with van der Waals surface area (Å²) in [5.74, 6) is 0.210. The van der Waals surface area contributed by atoms with Gasteiger partial charge < -0.3 is 14.6 Å². The van der Waals surface area contributed by atoms with Crippen molar-refractivity contribution in [3.8, 4) is 11.5 Å². The molecular formula is C30H40O5. The lowest BCUT2D eigenvalue weighted by Crippen LogP contribution is -2.38. The molecular weight excluding hydrogens is 440 g/mol. The van der Waals surface area contributed by atoms with Gasteiger partial charge in [0.2, 0.25) is 0 Å². The Balaban J connectivity index is 1.89. The molecule has 2 aromatic carbocycles.